The van der Waals surface area contributed by atoms with Crippen molar-refractivity contribution in [3.05, 3.63) is 59.7 Å². The highest BCUT2D eigenvalue weighted by atomic mass is 32.2. The van der Waals surface area contributed by atoms with Gasteiger partial charge in [-0.1, -0.05) is 17.8 Å². The Hall–Kier alpha value is -3.34. The van der Waals surface area contributed by atoms with Crippen LogP contribution in [0.15, 0.2) is 53.5 Å². The summed E-state index contributed by atoms with van der Waals surface area (Å²) in [7, 11) is 1.45. The van der Waals surface area contributed by atoms with Crippen LogP contribution in [-0.4, -0.2) is 46.8 Å². The Morgan fingerprint density at radius 2 is 1.91 bits per heavy atom. The lowest BCUT2D eigenvalue weighted by Crippen LogP contribution is -2.43. The minimum Gasteiger partial charge on any atom is -0.462 e. The fraction of sp³-hybridized carbons (Fsp3) is 0.273. The third-order valence-corrected chi connectivity index (χ3v) is 5.86. The summed E-state index contributed by atoms with van der Waals surface area (Å²) in [5, 5.41) is 1.96. The second-order valence-corrected chi connectivity index (χ2v) is 8.16. The summed E-state index contributed by atoms with van der Waals surface area (Å²) >= 11 is 0.981. The average Bonchev–Trinajstić information content (AvgIpc) is 2.77. The van der Waals surface area contributed by atoms with E-state index in [1.54, 1.807) is 6.92 Å². The van der Waals surface area contributed by atoms with Gasteiger partial charge in [-0.25, -0.2) is 9.79 Å². The van der Waals surface area contributed by atoms with Gasteiger partial charge in [0.05, 0.1) is 23.4 Å². The second-order valence-electron chi connectivity index (χ2n) is 6.99. The predicted octanol–water partition coefficient (Wildman–Crippen LogP) is 4.47. The highest BCUT2D eigenvalue weighted by Gasteiger charge is 2.34. The Kier molecular flexibility index (Phi) is 7.42. The van der Waals surface area contributed by atoms with Gasteiger partial charge in [0.25, 0.3) is 0 Å². The fourth-order valence-corrected chi connectivity index (χ4v) is 3.95. The number of aliphatic imine (C=N–C) groups is 1. The highest BCUT2D eigenvalue weighted by molar-refractivity contribution is 8.15. The lowest BCUT2D eigenvalue weighted by molar-refractivity contribution is -0.137. The van der Waals surface area contributed by atoms with E-state index in [1.807, 2.05) is 0 Å². The molecule has 0 aliphatic carbocycles. The molecule has 3 rings (SSSR count). The number of anilines is 1. The first-order valence-corrected chi connectivity index (χ1v) is 10.7. The molecule has 0 spiro atoms. The summed E-state index contributed by atoms with van der Waals surface area (Å²) in [6.45, 7) is 1.93. The third-order valence-electron chi connectivity index (χ3n) is 4.62. The summed E-state index contributed by atoms with van der Waals surface area (Å²) < 4.78 is 43.8. The first-order valence-electron chi connectivity index (χ1n) is 9.85. The van der Waals surface area contributed by atoms with Gasteiger partial charge in [-0.3, -0.25) is 14.5 Å². The van der Waals surface area contributed by atoms with Crippen molar-refractivity contribution in [3.8, 4) is 0 Å². The number of benzene rings is 2. The Labute approximate surface area is 192 Å². The number of rotatable bonds is 5. The number of amides is 2. The standard InChI is InChI=1S/C22H20F3N3O4S/c1-3-32-20(31)13-7-9-15(10-8-13)26-19(30)17-12-18(29)28(2)21(33-17)27-16-6-4-5-14(11-16)22(23,24)25/h4-11,17H,3,12H2,1-2H3,(H,26,30). The Bertz CT molecular complexity index is 1090. The van der Waals surface area contributed by atoms with Crippen molar-refractivity contribution in [2.24, 2.45) is 4.99 Å². The number of amidine groups is 1. The zero-order chi connectivity index (χ0) is 24.2. The van der Waals surface area contributed by atoms with Crippen LogP contribution in [0.2, 0.25) is 0 Å². The monoisotopic (exact) mass is 479 g/mol. The largest absolute Gasteiger partial charge is 0.462 e. The van der Waals surface area contributed by atoms with Crippen molar-refractivity contribution in [3.63, 3.8) is 0 Å². The molecular formula is C22H20F3N3O4S. The van der Waals surface area contributed by atoms with E-state index in [1.165, 1.54) is 48.3 Å². The summed E-state index contributed by atoms with van der Waals surface area (Å²) in [4.78, 5) is 42.2. The number of halogens is 3. The number of nitrogens with zero attached hydrogens (tertiary/aromatic N) is 2. The zero-order valence-corrected chi connectivity index (χ0v) is 18.5. The number of hydrogen-bond acceptors (Lipinski definition) is 6. The molecule has 0 bridgehead atoms. The van der Waals surface area contributed by atoms with Gasteiger partial charge < -0.3 is 10.1 Å². The fourth-order valence-electron chi connectivity index (χ4n) is 2.89. The summed E-state index contributed by atoms with van der Waals surface area (Å²) in [5.41, 5.74) is -0.104. The van der Waals surface area contributed by atoms with E-state index in [-0.39, 0.29) is 23.9 Å². The van der Waals surface area contributed by atoms with E-state index in [4.69, 9.17) is 4.74 Å². The van der Waals surface area contributed by atoms with Crippen molar-refractivity contribution < 1.29 is 32.3 Å². The van der Waals surface area contributed by atoms with E-state index in [0.29, 0.717) is 11.3 Å². The molecule has 1 unspecified atom stereocenters. The number of carbonyl (C=O) groups excluding carboxylic acids is 3. The number of nitrogens with one attached hydrogen (secondary N) is 1. The van der Waals surface area contributed by atoms with Crippen molar-refractivity contribution in [2.75, 3.05) is 19.0 Å². The minimum absolute atomic E-state index is 0.0163. The molecule has 1 heterocycles. The molecule has 2 amide bonds. The first kappa shape index (κ1) is 24.3. The van der Waals surface area contributed by atoms with Crippen LogP contribution in [-0.2, 0) is 20.5 Å². The molecule has 1 N–H and O–H groups in total. The Morgan fingerprint density at radius 1 is 1.21 bits per heavy atom. The molecule has 7 nitrogen and oxygen atoms in total. The number of thioether (sulfide) groups is 1. The Balaban J connectivity index is 1.74. The van der Waals surface area contributed by atoms with Crippen molar-refractivity contribution >= 4 is 46.1 Å². The molecule has 33 heavy (non-hydrogen) atoms. The molecule has 1 fully saturated rings. The molecule has 11 heteroatoms. The van der Waals surface area contributed by atoms with Crippen molar-refractivity contribution in [2.45, 2.75) is 24.8 Å². The number of ether oxygens (including phenoxy) is 1. The summed E-state index contributed by atoms with van der Waals surface area (Å²) in [6.07, 6.45) is -4.63. The van der Waals surface area contributed by atoms with Crippen LogP contribution in [0, 0.1) is 0 Å². The van der Waals surface area contributed by atoms with Crippen LogP contribution >= 0.6 is 11.8 Å². The molecule has 0 aromatic heterocycles. The first-order chi connectivity index (χ1) is 15.6. The molecule has 2 aromatic rings. The SMILES string of the molecule is CCOC(=O)c1ccc(NC(=O)C2CC(=O)N(C)C(=Nc3cccc(C(F)(F)F)c3)S2)cc1. The number of carbonyl (C=O) groups is 3. The lowest BCUT2D eigenvalue weighted by atomic mass is 10.2. The summed E-state index contributed by atoms with van der Waals surface area (Å²) in [5.74, 6) is -1.35. The maximum absolute atomic E-state index is 13.0. The average molecular weight is 479 g/mol. The van der Waals surface area contributed by atoms with E-state index in [0.717, 1.165) is 23.9 Å². The maximum Gasteiger partial charge on any atom is 0.416 e. The molecular weight excluding hydrogens is 459 g/mol. The van der Waals surface area contributed by atoms with Gasteiger partial charge in [0.15, 0.2) is 5.17 Å². The van der Waals surface area contributed by atoms with Crippen molar-refractivity contribution in [1.82, 2.24) is 4.90 Å². The molecule has 1 aliphatic rings. The van der Waals surface area contributed by atoms with Crippen LogP contribution in [0.5, 0.6) is 0 Å². The molecule has 1 saturated heterocycles. The number of hydrogen-bond donors (Lipinski definition) is 1. The highest BCUT2D eigenvalue weighted by Crippen LogP contribution is 2.33. The summed E-state index contributed by atoms with van der Waals surface area (Å²) in [6, 6.07) is 10.5. The van der Waals surface area contributed by atoms with Crippen LogP contribution < -0.4 is 5.32 Å². The van der Waals surface area contributed by atoms with Crippen molar-refractivity contribution in [1.29, 1.82) is 0 Å². The second kappa shape index (κ2) is 10.1. The van der Waals surface area contributed by atoms with Gasteiger partial charge in [0.1, 0.15) is 5.25 Å². The van der Waals surface area contributed by atoms with E-state index < -0.39 is 34.8 Å². The minimum atomic E-state index is -4.52. The van der Waals surface area contributed by atoms with E-state index in [9.17, 15) is 27.6 Å². The van der Waals surface area contributed by atoms with E-state index >= 15 is 0 Å². The molecule has 0 saturated carbocycles. The van der Waals surface area contributed by atoms with Gasteiger partial charge in [-0.15, -0.1) is 0 Å². The Morgan fingerprint density at radius 3 is 2.55 bits per heavy atom. The third kappa shape index (κ3) is 6.13. The number of alkyl halides is 3. The van der Waals surface area contributed by atoms with Gasteiger partial charge >= 0.3 is 12.1 Å². The zero-order valence-electron chi connectivity index (χ0n) is 17.7. The predicted molar refractivity (Wildman–Crippen MR) is 118 cm³/mol. The molecule has 1 atom stereocenters. The maximum atomic E-state index is 13.0. The van der Waals surface area contributed by atoms with Crippen LogP contribution in [0.3, 0.4) is 0 Å². The molecule has 1 aliphatic heterocycles. The van der Waals surface area contributed by atoms with Crippen LogP contribution in [0.4, 0.5) is 24.5 Å². The molecule has 0 radical (unpaired) electrons. The van der Waals surface area contributed by atoms with Gasteiger partial charge in [-0.05, 0) is 49.4 Å². The van der Waals surface area contributed by atoms with Gasteiger partial charge in [0, 0.05) is 19.2 Å². The topological polar surface area (TPSA) is 88.1 Å². The number of esters is 1. The van der Waals surface area contributed by atoms with Crippen LogP contribution in [0.1, 0.15) is 29.3 Å². The quantitative estimate of drug-likeness (QED) is 0.640. The van der Waals surface area contributed by atoms with Crippen LogP contribution in [0.25, 0.3) is 0 Å². The lowest BCUT2D eigenvalue weighted by Gasteiger charge is -2.28. The smallest absolute Gasteiger partial charge is 0.416 e. The van der Waals surface area contributed by atoms with Gasteiger partial charge in [-0.2, -0.15) is 13.2 Å². The molecule has 174 valence electrons. The normalized spacial score (nSPS) is 17.7. The molecule has 2 aromatic carbocycles. The van der Waals surface area contributed by atoms with Gasteiger partial charge in [0.2, 0.25) is 11.8 Å². The van der Waals surface area contributed by atoms with E-state index in [2.05, 4.69) is 10.3 Å².